The van der Waals surface area contributed by atoms with Crippen molar-refractivity contribution in [3.05, 3.63) is 29.8 Å². The number of esters is 1. The molecule has 1 heterocycles. The van der Waals surface area contributed by atoms with Gasteiger partial charge in [0.05, 0.1) is 5.56 Å². The summed E-state index contributed by atoms with van der Waals surface area (Å²) in [6, 6.07) is 8.65. The number of anilines is 1. The number of hydrogen-bond acceptors (Lipinski definition) is 4. The van der Waals surface area contributed by atoms with E-state index in [0.29, 0.717) is 17.6 Å². The van der Waals surface area contributed by atoms with Crippen LogP contribution in [0.2, 0.25) is 0 Å². The maximum Gasteiger partial charge on any atom is 0.338 e. The van der Waals surface area contributed by atoms with Gasteiger partial charge in [-0.25, -0.2) is 4.79 Å². The van der Waals surface area contributed by atoms with Gasteiger partial charge in [0.1, 0.15) is 5.60 Å². The molecule has 0 amide bonds. The van der Waals surface area contributed by atoms with Crippen molar-refractivity contribution in [2.24, 2.45) is 0 Å². The van der Waals surface area contributed by atoms with E-state index in [9.17, 15) is 4.79 Å². The molecule has 1 aromatic rings. The number of nitrogens with zero attached hydrogens (tertiary/aromatic N) is 1. The Morgan fingerprint density at radius 2 is 1.67 bits per heavy atom. The molecule has 4 nitrogen and oxygen atoms in total. The number of piperazine rings is 1. The molecule has 0 saturated carbocycles. The smallest absolute Gasteiger partial charge is 0.338 e. The Bertz CT molecular complexity index is 481. The highest BCUT2D eigenvalue weighted by Gasteiger charge is 2.22. The van der Waals surface area contributed by atoms with Crippen molar-refractivity contribution in [1.29, 1.82) is 0 Å². The van der Waals surface area contributed by atoms with Crippen LogP contribution >= 0.6 is 0 Å². The van der Waals surface area contributed by atoms with Crippen molar-refractivity contribution in [2.45, 2.75) is 52.3 Å². The zero-order valence-corrected chi connectivity index (χ0v) is 13.6. The lowest BCUT2D eigenvalue weighted by Crippen LogP contribution is -2.54. The molecule has 116 valence electrons. The van der Waals surface area contributed by atoms with E-state index < -0.39 is 5.60 Å². The molecule has 0 aromatic heterocycles. The van der Waals surface area contributed by atoms with E-state index in [1.165, 1.54) is 0 Å². The second-order valence-corrected chi connectivity index (χ2v) is 6.92. The minimum absolute atomic E-state index is 0.268. The second kappa shape index (κ2) is 6.06. The third kappa shape index (κ3) is 4.46. The fourth-order valence-electron chi connectivity index (χ4n) is 2.68. The molecule has 0 unspecified atom stereocenters. The normalized spacial score (nSPS) is 23.0. The van der Waals surface area contributed by atoms with Gasteiger partial charge in [0.25, 0.3) is 0 Å². The van der Waals surface area contributed by atoms with Gasteiger partial charge in [-0.2, -0.15) is 0 Å². The summed E-state index contributed by atoms with van der Waals surface area (Å²) < 4.78 is 5.38. The molecule has 21 heavy (non-hydrogen) atoms. The summed E-state index contributed by atoms with van der Waals surface area (Å²) in [7, 11) is 0. The van der Waals surface area contributed by atoms with Gasteiger partial charge in [0, 0.05) is 30.9 Å². The van der Waals surface area contributed by atoms with Crippen molar-refractivity contribution in [3.8, 4) is 0 Å². The topological polar surface area (TPSA) is 41.6 Å². The quantitative estimate of drug-likeness (QED) is 0.850. The van der Waals surface area contributed by atoms with Crippen molar-refractivity contribution in [2.75, 3.05) is 18.0 Å². The summed E-state index contributed by atoms with van der Waals surface area (Å²) >= 11 is 0. The fraction of sp³-hybridized carbons (Fsp3) is 0.588. The van der Waals surface area contributed by atoms with Gasteiger partial charge in [-0.05, 0) is 58.9 Å². The Labute approximate surface area is 127 Å². The Balaban J connectivity index is 2.06. The molecule has 2 atom stereocenters. The number of nitrogens with one attached hydrogen (secondary N) is 1. The molecule has 1 saturated heterocycles. The van der Waals surface area contributed by atoms with Crippen LogP contribution in [0.1, 0.15) is 45.0 Å². The SMILES string of the molecule is C[C@@H]1CN(c2ccc(C(=O)OC(C)(C)C)cc2)C[C@H](C)N1. The van der Waals surface area contributed by atoms with Gasteiger partial charge < -0.3 is 15.0 Å². The van der Waals surface area contributed by atoms with Crippen molar-refractivity contribution in [1.82, 2.24) is 5.32 Å². The van der Waals surface area contributed by atoms with Crippen LogP contribution in [0.3, 0.4) is 0 Å². The molecule has 1 aliphatic rings. The maximum absolute atomic E-state index is 12.0. The largest absolute Gasteiger partial charge is 0.456 e. The Hall–Kier alpha value is -1.55. The average Bonchev–Trinajstić information content (AvgIpc) is 2.35. The number of hydrogen-bond donors (Lipinski definition) is 1. The number of benzene rings is 1. The van der Waals surface area contributed by atoms with E-state index in [-0.39, 0.29) is 5.97 Å². The molecule has 0 spiro atoms. The van der Waals surface area contributed by atoms with Crippen LogP contribution in [0.25, 0.3) is 0 Å². The molecule has 0 aliphatic carbocycles. The number of rotatable bonds is 2. The van der Waals surface area contributed by atoms with Crippen molar-refractivity contribution < 1.29 is 9.53 Å². The first kappa shape index (κ1) is 15.8. The first-order valence-electron chi connectivity index (χ1n) is 7.59. The van der Waals surface area contributed by atoms with Crippen LogP contribution in [0.5, 0.6) is 0 Å². The summed E-state index contributed by atoms with van der Waals surface area (Å²) in [5.74, 6) is -0.268. The summed E-state index contributed by atoms with van der Waals surface area (Å²) in [6.45, 7) is 12.0. The highest BCUT2D eigenvalue weighted by atomic mass is 16.6. The van der Waals surface area contributed by atoms with E-state index in [1.54, 1.807) is 0 Å². The molecule has 2 rings (SSSR count). The van der Waals surface area contributed by atoms with Crippen LogP contribution < -0.4 is 10.2 Å². The van der Waals surface area contributed by atoms with Gasteiger partial charge in [0.2, 0.25) is 0 Å². The lowest BCUT2D eigenvalue weighted by Gasteiger charge is -2.37. The van der Waals surface area contributed by atoms with Crippen molar-refractivity contribution >= 4 is 11.7 Å². The van der Waals surface area contributed by atoms with Gasteiger partial charge in [-0.15, -0.1) is 0 Å². The molecule has 1 aromatic carbocycles. The molecular weight excluding hydrogens is 264 g/mol. The van der Waals surface area contributed by atoms with Gasteiger partial charge in [0.15, 0.2) is 0 Å². The molecule has 1 N–H and O–H groups in total. The van der Waals surface area contributed by atoms with Crippen molar-refractivity contribution in [3.63, 3.8) is 0 Å². The first-order valence-corrected chi connectivity index (χ1v) is 7.59. The van der Waals surface area contributed by atoms with E-state index in [0.717, 1.165) is 18.8 Å². The average molecular weight is 290 g/mol. The number of carbonyl (C=O) groups is 1. The monoisotopic (exact) mass is 290 g/mol. The second-order valence-electron chi connectivity index (χ2n) is 6.92. The first-order chi connectivity index (χ1) is 9.74. The summed E-state index contributed by atoms with van der Waals surface area (Å²) in [5.41, 5.74) is 1.30. The van der Waals surface area contributed by atoms with Gasteiger partial charge in [-0.1, -0.05) is 0 Å². The van der Waals surface area contributed by atoms with Crippen LogP contribution in [0.15, 0.2) is 24.3 Å². The van der Waals surface area contributed by atoms with E-state index >= 15 is 0 Å². The lowest BCUT2D eigenvalue weighted by atomic mass is 10.1. The van der Waals surface area contributed by atoms with Crippen LogP contribution in [0, 0.1) is 0 Å². The Kier molecular flexibility index (Phi) is 4.57. The van der Waals surface area contributed by atoms with Crippen LogP contribution in [-0.4, -0.2) is 36.7 Å². The molecule has 0 bridgehead atoms. The summed E-state index contributed by atoms with van der Waals surface area (Å²) in [4.78, 5) is 14.4. The summed E-state index contributed by atoms with van der Waals surface area (Å²) in [5, 5.41) is 3.52. The third-order valence-electron chi connectivity index (χ3n) is 3.42. The zero-order chi connectivity index (χ0) is 15.6. The predicted molar refractivity (Wildman–Crippen MR) is 85.9 cm³/mol. The van der Waals surface area contributed by atoms with Gasteiger partial charge >= 0.3 is 5.97 Å². The molecular formula is C17H26N2O2. The minimum Gasteiger partial charge on any atom is -0.456 e. The standard InChI is InChI=1S/C17H26N2O2/c1-12-10-19(11-13(2)18-12)15-8-6-14(7-9-15)16(20)21-17(3,4)5/h6-9,12-13,18H,10-11H2,1-5H3/t12-,13+. The van der Waals surface area contributed by atoms with E-state index in [1.807, 2.05) is 45.0 Å². The maximum atomic E-state index is 12.0. The van der Waals surface area contributed by atoms with E-state index in [4.69, 9.17) is 4.74 Å². The van der Waals surface area contributed by atoms with Crippen LogP contribution in [0.4, 0.5) is 5.69 Å². The summed E-state index contributed by atoms with van der Waals surface area (Å²) in [6.07, 6.45) is 0. The minimum atomic E-state index is -0.459. The van der Waals surface area contributed by atoms with Gasteiger partial charge in [-0.3, -0.25) is 0 Å². The predicted octanol–water partition coefficient (Wildman–Crippen LogP) is 2.83. The zero-order valence-electron chi connectivity index (χ0n) is 13.6. The fourth-order valence-corrected chi connectivity index (χ4v) is 2.68. The highest BCUT2D eigenvalue weighted by Crippen LogP contribution is 2.20. The Morgan fingerprint density at radius 1 is 1.14 bits per heavy atom. The molecule has 1 aliphatic heterocycles. The van der Waals surface area contributed by atoms with E-state index in [2.05, 4.69) is 24.1 Å². The molecule has 0 radical (unpaired) electrons. The highest BCUT2D eigenvalue weighted by molar-refractivity contribution is 5.90. The number of ether oxygens (including phenoxy) is 1. The number of carbonyl (C=O) groups excluding carboxylic acids is 1. The Morgan fingerprint density at radius 3 is 2.14 bits per heavy atom. The lowest BCUT2D eigenvalue weighted by molar-refractivity contribution is 0.00695. The molecule has 1 fully saturated rings. The third-order valence-corrected chi connectivity index (χ3v) is 3.42. The molecule has 4 heteroatoms. The van der Waals surface area contributed by atoms with Crippen LogP contribution in [-0.2, 0) is 4.74 Å².